The SMILES string of the molecule is N#CC1=CN=CC1C#N. The summed E-state index contributed by atoms with van der Waals surface area (Å²) >= 11 is 0. The van der Waals surface area contributed by atoms with Gasteiger partial charge in [-0.25, -0.2) is 0 Å². The Bertz CT molecular complexity index is 248. The van der Waals surface area contributed by atoms with Crippen molar-refractivity contribution in [2.45, 2.75) is 0 Å². The molecule has 0 saturated carbocycles. The minimum atomic E-state index is -0.407. The third-order valence-corrected chi connectivity index (χ3v) is 1.05. The molecule has 0 radical (unpaired) electrons. The van der Waals surface area contributed by atoms with Gasteiger partial charge in [0, 0.05) is 12.4 Å². The average molecular weight is 117 g/mol. The van der Waals surface area contributed by atoms with Crippen LogP contribution in [0, 0.1) is 28.6 Å². The molecule has 0 amide bonds. The maximum Gasteiger partial charge on any atom is 0.118 e. The second-order valence-corrected chi connectivity index (χ2v) is 1.60. The summed E-state index contributed by atoms with van der Waals surface area (Å²) in [5.41, 5.74) is 0.428. The highest BCUT2D eigenvalue weighted by Crippen LogP contribution is 2.11. The van der Waals surface area contributed by atoms with E-state index in [2.05, 4.69) is 4.99 Å². The molecule has 1 aliphatic rings. The Balaban J connectivity index is 2.84. The maximum atomic E-state index is 8.33. The summed E-state index contributed by atoms with van der Waals surface area (Å²) in [7, 11) is 0. The van der Waals surface area contributed by atoms with Crippen molar-refractivity contribution in [1.82, 2.24) is 0 Å². The summed E-state index contributed by atoms with van der Waals surface area (Å²) in [5.74, 6) is -0.407. The fourth-order valence-corrected chi connectivity index (χ4v) is 0.571. The Morgan fingerprint density at radius 2 is 2.33 bits per heavy atom. The molecular weight excluding hydrogens is 114 g/mol. The van der Waals surface area contributed by atoms with Crippen LogP contribution < -0.4 is 0 Å². The van der Waals surface area contributed by atoms with E-state index in [9.17, 15) is 0 Å². The van der Waals surface area contributed by atoms with Gasteiger partial charge in [0.05, 0.1) is 17.7 Å². The van der Waals surface area contributed by atoms with Gasteiger partial charge in [-0.15, -0.1) is 0 Å². The van der Waals surface area contributed by atoms with Crippen LogP contribution in [-0.2, 0) is 0 Å². The summed E-state index contributed by atoms with van der Waals surface area (Å²) in [6, 6.07) is 3.80. The molecule has 42 valence electrons. The highest BCUT2D eigenvalue weighted by atomic mass is 14.7. The van der Waals surface area contributed by atoms with Gasteiger partial charge in [0.2, 0.25) is 0 Å². The first kappa shape index (κ1) is 5.53. The maximum absolute atomic E-state index is 8.33. The zero-order chi connectivity index (χ0) is 6.69. The van der Waals surface area contributed by atoms with Gasteiger partial charge in [0.1, 0.15) is 5.92 Å². The number of hydrogen-bond acceptors (Lipinski definition) is 3. The molecule has 1 rings (SSSR count). The number of aliphatic imine (C=N–C) groups is 1. The molecular formula is C6H3N3. The minimum absolute atomic E-state index is 0.407. The Morgan fingerprint density at radius 3 is 2.78 bits per heavy atom. The first-order valence-corrected chi connectivity index (χ1v) is 2.41. The van der Waals surface area contributed by atoms with Crippen LogP contribution >= 0.6 is 0 Å². The lowest BCUT2D eigenvalue weighted by atomic mass is 10.1. The molecule has 0 fully saturated rings. The van der Waals surface area contributed by atoms with Crippen molar-refractivity contribution in [2.75, 3.05) is 0 Å². The average Bonchev–Trinajstić information content (AvgIpc) is 2.33. The Morgan fingerprint density at radius 1 is 1.56 bits per heavy atom. The van der Waals surface area contributed by atoms with Crippen molar-refractivity contribution < 1.29 is 0 Å². The van der Waals surface area contributed by atoms with Crippen molar-refractivity contribution in [1.29, 1.82) is 10.5 Å². The Hall–Kier alpha value is -1.61. The molecule has 0 N–H and O–H groups in total. The van der Waals surface area contributed by atoms with Crippen LogP contribution in [0.15, 0.2) is 16.8 Å². The fourth-order valence-electron chi connectivity index (χ4n) is 0.571. The molecule has 9 heavy (non-hydrogen) atoms. The molecule has 1 heterocycles. The summed E-state index contributed by atoms with van der Waals surface area (Å²) in [6.45, 7) is 0. The third-order valence-electron chi connectivity index (χ3n) is 1.05. The smallest absolute Gasteiger partial charge is 0.118 e. The van der Waals surface area contributed by atoms with Gasteiger partial charge >= 0.3 is 0 Å². The van der Waals surface area contributed by atoms with Crippen LogP contribution in [0.25, 0.3) is 0 Å². The van der Waals surface area contributed by atoms with Crippen molar-refractivity contribution >= 4 is 6.21 Å². The summed E-state index contributed by atoms with van der Waals surface area (Å²) < 4.78 is 0. The number of hydrogen-bond donors (Lipinski definition) is 0. The van der Waals surface area contributed by atoms with E-state index in [-0.39, 0.29) is 0 Å². The van der Waals surface area contributed by atoms with Crippen LogP contribution in [0.2, 0.25) is 0 Å². The van der Waals surface area contributed by atoms with E-state index in [0.29, 0.717) is 5.57 Å². The highest BCUT2D eigenvalue weighted by molar-refractivity contribution is 5.74. The third kappa shape index (κ3) is 0.802. The zero-order valence-electron chi connectivity index (χ0n) is 4.57. The van der Waals surface area contributed by atoms with Crippen molar-refractivity contribution in [3.8, 4) is 12.1 Å². The molecule has 0 aromatic carbocycles. The molecule has 3 nitrogen and oxygen atoms in total. The van der Waals surface area contributed by atoms with Gasteiger partial charge in [-0.1, -0.05) is 0 Å². The molecule has 1 unspecified atom stereocenters. The number of nitriles is 2. The van der Waals surface area contributed by atoms with Crippen molar-refractivity contribution in [3.05, 3.63) is 11.8 Å². The van der Waals surface area contributed by atoms with Gasteiger partial charge in [-0.3, -0.25) is 4.99 Å². The van der Waals surface area contributed by atoms with Crippen LogP contribution in [0.3, 0.4) is 0 Å². The van der Waals surface area contributed by atoms with Crippen LogP contribution in [0.1, 0.15) is 0 Å². The highest BCUT2D eigenvalue weighted by Gasteiger charge is 2.13. The Kier molecular flexibility index (Phi) is 1.29. The van der Waals surface area contributed by atoms with Gasteiger partial charge in [-0.2, -0.15) is 10.5 Å². The van der Waals surface area contributed by atoms with Crippen LogP contribution in [0.5, 0.6) is 0 Å². The molecule has 3 heteroatoms. The van der Waals surface area contributed by atoms with E-state index in [0.717, 1.165) is 0 Å². The lowest BCUT2D eigenvalue weighted by molar-refractivity contribution is 1.13. The quantitative estimate of drug-likeness (QED) is 0.467. The fraction of sp³-hybridized carbons (Fsp3) is 0.167. The largest absolute Gasteiger partial charge is 0.266 e. The van der Waals surface area contributed by atoms with E-state index in [4.69, 9.17) is 10.5 Å². The summed E-state index contributed by atoms with van der Waals surface area (Å²) in [5, 5.41) is 16.7. The summed E-state index contributed by atoms with van der Waals surface area (Å²) in [4.78, 5) is 3.66. The molecule has 1 aliphatic heterocycles. The van der Waals surface area contributed by atoms with E-state index < -0.39 is 5.92 Å². The molecule has 1 atom stereocenters. The second kappa shape index (κ2) is 2.11. The van der Waals surface area contributed by atoms with E-state index >= 15 is 0 Å². The zero-order valence-corrected chi connectivity index (χ0v) is 4.57. The molecule has 0 aromatic rings. The summed E-state index contributed by atoms with van der Waals surface area (Å²) in [6.07, 6.45) is 2.87. The van der Waals surface area contributed by atoms with E-state index in [1.165, 1.54) is 12.4 Å². The normalized spacial score (nSPS) is 22.4. The van der Waals surface area contributed by atoms with Crippen molar-refractivity contribution in [3.63, 3.8) is 0 Å². The monoisotopic (exact) mass is 117 g/mol. The molecule has 0 bridgehead atoms. The first-order valence-electron chi connectivity index (χ1n) is 2.41. The van der Waals surface area contributed by atoms with Crippen LogP contribution in [0.4, 0.5) is 0 Å². The topological polar surface area (TPSA) is 59.9 Å². The minimum Gasteiger partial charge on any atom is -0.266 e. The van der Waals surface area contributed by atoms with Gasteiger partial charge in [0.15, 0.2) is 0 Å². The predicted molar refractivity (Wildman–Crippen MR) is 31.3 cm³/mol. The van der Waals surface area contributed by atoms with Gasteiger partial charge in [0.25, 0.3) is 0 Å². The molecule has 0 spiro atoms. The lowest BCUT2D eigenvalue weighted by Crippen LogP contribution is -1.95. The first-order chi connectivity index (χ1) is 4.38. The van der Waals surface area contributed by atoms with Crippen LogP contribution in [-0.4, -0.2) is 6.21 Å². The van der Waals surface area contributed by atoms with Crippen molar-refractivity contribution in [2.24, 2.45) is 10.9 Å². The number of nitrogens with zero attached hydrogens (tertiary/aromatic N) is 3. The number of allylic oxidation sites excluding steroid dienone is 1. The molecule has 0 aromatic heterocycles. The molecule has 0 aliphatic carbocycles. The predicted octanol–water partition coefficient (Wildman–Crippen LogP) is 0.618. The van der Waals surface area contributed by atoms with Gasteiger partial charge in [-0.05, 0) is 0 Å². The van der Waals surface area contributed by atoms with E-state index in [1.807, 2.05) is 12.1 Å². The Labute approximate surface area is 52.5 Å². The van der Waals surface area contributed by atoms with E-state index in [1.54, 1.807) is 0 Å². The standard InChI is InChI=1S/C6H3N3/c7-1-5-3-9-4-6(5)2-8/h3-5H. The van der Waals surface area contributed by atoms with Gasteiger partial charge < -0.3 is 0 Å². The number of rotatable bonds is 0. The molecule has 0 saturated heterocycles. The lowest BCUT2D eigenvalue weighted by Gasteiger charge is -1.87. The second-order valence-electron chi connectivity index (χ2n) is 1.60.